The van der Waals surface area contributed by atoms with Crippen LogP contribution < -0.4 is 15.4 Å². The lowest BCUT2D eigenvalue weighted by atomic mass is 10.1. The van der Waals surface area contributed by atoms with Gasteiger partial charge in [-0.2, -0.15) is 0 Å². The Morgan fingerprint density at radius 3 is 2.52 bits per heavy atom. The van der Waals surface area contributed by atoms with Gasteiger partial charge in [0.15, 0.2) is 5.78 Å². The van der Waals surface area contributed by atoms with E-state index >= 15 is 0 Å². The number of ketones is 1. The summed E-state index contributed by atoms with van der Waals surface area (Å²) in [5, 5.41) is 5.26. The van der Waals surface area contributed by atoms with Gasteiger partial charge in [-0.1, -0.05) is 6.07 Å². The van der Waals surface area contributed by atoms with Crippen LogP contribution in [0.4, 0.5) is 14.9 Å². The highest BCUT2D eigenvalue weighted by atomic mass is 19.1. The van der Waals surface area contributed by atoms with Crippen LogP contribution in [0.5, 0.6) is 5.75 Å². The van der Waals surface area contributed by atoms with E-state index in [2.05, 4.69) is 10.6 Å². The number of carbonyl (C=O) groups excluding carboxylic acids is 2. The molecule has 2 aromatic carbocycles. The first kappa shape index (κ1) is 16.5. The zero-order chi connectivity index (χ0) is 16.7. The van der Waals surface area contributed by atoms with Crippen molar-refractivity contribution in [1.29, 1.82) is 0 Å². The van der Waals surface area contributed by atoms with Crippen LogP contribution in [0.2, 0.25) is 0 Å². The second kappa shape index (κ2) is 7.93. The third kappa shape index (κ3) is 5.43. The van der Waals surface area contributed by atoms with Crippen LogP contribution in [0, 0.1) is 5.82 Å². The SMILES string of the molecule is CC(=O)c1ccc(NC(=O)NCCOc2cccc(F)c2)cc1. The lowest BCUT2D eigenvalue weighted by Gasteiger charge is -2.09. The molecular formula is C17H17FN2O3. The Bertz CT molecular complexity index is 686. The standard InChI is InChI=1S/C17H17FN2O3/c1-12(21)13-5-7-15(8-6-13)20-17(22)19-9-10-23-16-4-2-3-14(18)11-16/h2-8,11H,9-10H2,1H3,(H2,19,20,22). The predicted octanol–water partition coefficient (Wildman–Crippen LogP) is 3.23. The van der Waals surface area contributed by atoms with Gasteiger partial charge in [0.1, 0.15) is 18.2 Å². The molecule has 6 heteroatoms. The van der Waals surface area contributed by atoms with E-state index in [1.165, 1.54) is 19.1 Å². The number of amides is 2. The number of ether oxygens (including phenoxy) is 1. The molecule has 0 heterocycles. The van der Waals surface area contributed by atoms with Gasteiger partial charge < -0.3 is 15.4 Å². The molecule has 0 unspecified atom stereocenters. The number of Topliss-reactive ketones (excluding diaryl/α,β-unsaturated/α-hetero) is 1. The maximum absolute atomic E-state index is 12.9. The maximum Gasteiger partial charge on any atom is 0.319 e. The highest BCUT2D eigenvalue weighted by molar-refractivity contribution is 5.95. The van der Waals surface area contributed by atoms with E-state index in [1.54, 1.807) is 36.4 Å². The summed E-state index contributed by atoms with van der Waals surface area (Å²) < 4.78 is 18.3. The zero-order valence-corrected chi connectivity index (χ0v) is 12.6. The first-order valence-corrected chi connectivity index (χ1v) is 7.09. The molecule has 0 radical (unpaired) electrons. The summed E-state index contributed by atoms with van der Waals surface area (Å²) in [6.45, 7) is 1.97. The lowest BCUT2D eigenvalue weighted by molar-refractivity contribution is 0.101. The summed E-state index contributed by atoms with van der Waals surface area (Å²) in [6.07, 6.45) is 0. The van der Waals surface area contributed by atoms with Crippen LogP contribution in [0.3, 0.4) is 0 Å². The molecule has 5 nitrogen and oxygen atoms in total. The molecular weight excluding hydrogens is 299 g/mol. The average molecular weight is 316 g/mol. The van der Waals surface area contributed by atoms with Gasteiger partial charge in [0.2, 0.25) is 0 Å². The Labute approximate surface area is 133 Å². The monoisotopic (exact) mass is 316 g/mol. The van der Waals surface area contributed by atoms with E-state index in [0.717, 1.165) is 0 Å². The van der Waals surface area contributed by atoms with Gasteiger partial charge in [0.25, 0.3) is 0 Å². The predicted molar refractivity (Wildman–Crippen MR) is 85.4 cm³/mol. The molecule has 0 saturated carbocycles. The highest BCUT2D eigenvalue weighted by Gasteiger charge is 2.03. The first-order valence-electron chi connectivity index (χ1n) is 7.09. The maximum atomic E-state index is 12.9. The van der Waals surface area contributed by atoms with Crippen molar-refractivity contribution in [1.82, 2.24) is 5.32 Å². The quantitative estimate of drug-likeness (QED) is 0.635. The van der Waals surface area contributed by atoms with Gasteiger partial charge in [-0.15, -0.1) is 0 Å². The fourth-order valence-corrected chi connectivity index (χ4v) is 1.85. The van der Waals surface area contributed by atoms with E-state index < -0.39 is 0 Å². The molecule has 0 aliphatic heterocycles. The molecule has 0 aromatic heterocycles. The first-order chi connectivity index (χ1) is 11.0. The van der Waals surface area contributed by atoms with Crippen molar-refractivity contribution in [3.63, 3.8) is 0 Å². The normalized spacial score (nSPS) is 10.0. The Hall–Kier alpha value is -2.89. The van der Waals surface area contributed by atoms with Crippen LogP contribution >= 0.6 is 0 Å². The van der Waals surface area contributed by atoms with Crippen molar-refractivity contribution in [3.8, 4) is 5.75 Å². The third-order valence-electron chi connectivity index (χ3n) is 3.00. The van der Waals surface area contributed by atoms with Crippen molar-refractivity contribution in [2.24, 2.45) is 0 Å². The molecule has 120 valence electrons. The Kier molecular flexibility index (Phi) is 5.68. The fraction of sp³-hybridized carbons (Fsp3) is 0.176. The molecule has 0 atom stereocenters. The second-order valence-electron chi connectivity index (χ2n) is 4.82. The zero-order valence-electron chi connectivity index (χ0n) is 12.6. The van der Waals surface area contributed by atoms with Crippen LogP contribution in [0.15, 0.2) is 48.5 Å². The van der Waals surface area contributed by atoms with E-state index in [9.17, 15) is 14.0 Å². The molecule has 2 N–H and O–H groups in total. The Morgan fingerprint density at radius 1 is 1.13 bits per heavy atom. The minimum Gasteiger partial charge on any atom is -0.492 e. The number of halogens is 1. The molecule has 0 saturated heterocycles. The van der Waals surface area contributed by atoms with Crippen LogP contribution in [-0.4, -0.2) is 25.0 Å². The topological polar surface area (TPSA) is 67.4 Å². The summed E-state index contributed by atoms with van der Waals surface area (Å²) in [4.78, 5) is 22.8. The molecule has 0 bridgehead atoms. The molecule has 23 heavy (non-hydrogen) atoms. The minimum atomic E-state index is -0.386. The van der Waals surface area contributed by atoms with Crippen LogP contribution in [-0.2, 0) is 0 Å². The average Bonchev–Trinajstić information content (AvgIpc) is 2.52. The summed E-state index contributed by atoms with van der Waals surface area (Å²) in [5.41, 5.74) is 1.16. The Balaban J connectivity index is 1.71. The van der Waals surface area contributed by atoms with Crippen molar-refractivity contribution < 1.29 is 18.7 Å². The number of carbonyl (C=O) groups is 2. The number of nitrogens with one attached hydrogen (secondary N) is 2. The molecule has 2 amide bonds. The fourth-order valence-electron chi connectivity index (χ4n) is 1.85. The number of rotatable bonds is 6. The number of benzene rings is 2. The summed E-state index contributed by atoms with van der Waals surface area (Å²) >= 11 is 0. The molecule has 0 spiro atoms. The van der Waals surface area contributed by atoms with Crippen molar-refractivity contribution >= 4 is 17.5 Å². The van der Waals surface area contributed by atoms with E-state index in [-0.39, 0.29) is 30.8 Å². The van der Waals surface area contributed by atoms with Crippen LogP contribution in [0.1, 0.15) is 17.3 Å². The Morgan fingerprint density at radius 2 is 1.87 bits per heavy atom. The van der Waals surface area contributed by atoms with Crippen LogP contribution in [0.25, 0.3) is 0 Å². The van der Waals surface area contributed by atoms with E-state index in [1.807, 2.05) is 0 Å². The van der Waals surface area contributed by atoms with Crippen molar-refractivity contribution in [2.45, 2.75) is 6.92 Å². The highest BCUT2D eigenvalue weighted by Crippen LogP contribution is 2.11. The van der Waals surface area contributed by atoms with Crippen molar-refractivity contribution in [3.05, 3.63) is 59.9 Å². The van der Waals surface area contributed by atoms with Gasteiger partial charge in [-0.25, -0.2) is 9.18 Å². The van der Waals surface area contributed by atoms with Gasteiger partial charge >= 0.3 is 6.03 Å². The van der Waals surface area contributed by atoms with Gasteiger partial charge in [0, 0.05) is 17.3 Å². The lowest BCUT2D eigenvalue weighted by Crippen LogP contribution is -2.32. The number of hydrogen-bond acceptors (Lipinski definition) is 3. The molecule has 0 aliphatic carbocycles. The molecule has 2 rings (SSSR count). The number of hydrogen-bond donors (Lipinski definition) is 2. The largest absolute Gasteiger partial charge is 0.492 e. The summed E-state index contributed by atoms with van der Waals surface area (Å²) in [7, 11) is 0. The third-order valence-corrected chi connectivity index (χ3v) is 3.00. The molecule has 2 aromatic rings. The number of anilines is 1. The smallest absolute Gasteiger partial charge is 0.319 e. The summed E-state index contributed by atoms with van der Waals surface area (Å²) in [6, 6.07) is 12.0. The van der Waals surface area contributed by atoms with E-state index in [4.69, 9.17) is 4.74 Å². The van der Waals surface area contributed by atoms with Gasteiger partial charge in [-0.05, 0) is 43.3 Å². The van der Waals surface area contributed by atoms with Gasteiger partial charge in [0.05, 0.1) is 6.54 Å². The second-order valence-corrected chi connectivity index (χ2v) is 4.82. The molecule has 0 aliphatic rings. The van der Waals surface area contributed by atoms with Crippen molar-refractivity contribution in [2.75, 3.05) is 18.5 Å². The summed E-state index contributed by atoms with van der Waals surface area (Å²) in [5.74, 6) is 0.00439. The number of urea groups is 1. The minimum absolute atomic E-state index is 0.0319. The molecule has 0 fully saturated rings. The van der Waals surface area contributed by atoms with Gasteiger partial charge in [-0.3, -0.25) is 4.79 Å². The van der Waals surface area contributed by atoms with E-state index in [0.29, 0.717) is 17.0 Å².